The van der Waals surface area contributed by atoms with Crippen LogP contribution in [0.25, 0.3) is 0 Å². The van der Waals surface area contributed by atoms with E-state index in [0.29, 0.717) is 0 Å². The van der Waals surface area contributed by atoms with E-state index in [1.165, 1.54) is 12.1 Å². The van der Waals surface area contributed by atoms with E-state index in [2.05, 4.69) is 4.72 Å². The summed E-state index contributed by atoms with van der Waals surface area (Å²) < 4.78 is 55.4. The molecule has 144 valence electrons. The number of anilines is 1. The lowest BCUT2D eigenvalue weighted by atomic mass is 9.78. The molecule has 1 saturated heterocycles. The molecule has 2 aromatic rings. The Morgan fingerprint density at radius 2 is 1.56 bits per heavy atom. The molecule has 0 bridgehead atoms. The van der Waals surface area contributed by atoms with Gasteiger partial charge in [0.05, 0.1) is 22.6 Å². The van der Waals surface area contributed by atoms with Gasteiger partial charge in [0.15, 0.2) is 17.4 Å². The Kier molecular flexibility index (Phi) is 5.54. The fourth-order valence-electron chi connectivity index (χ4n) is 2.68. The molecule has 8 heteroatoms. The summed E-state index contributed by atoms with van der Waals surface area (Å²) in [7, 11) is -1.01. The zero-order chi connectivity index (χ0) is 19.8. The first-order valence-electron chi connectivity index (χ1n) is 8.63. The van der Waals surface area contributed by atoms with Gasteiger partial charge >= 0.3 is 7.12 Å². The molecule has 0 saturated carbocycles. The number of halogens is 2. The summed E-state index contributed by atoms with van der Waals surface area (Å²) in [5.74, 6) is -2.00. The third-order valence-electron chi connectivity index (χ3n) is 4.98. The van der Waals surface area contributed by atoms with Gasteiger partial charge in [-0.2, -0.15) is 0 Å². The van der Waals surface area contributed by atoms with Crippen molar-refractivity contribution in [3.63, 3.8) is 0 Å². The van der Waals surface area contributed by atoms with Gasteiger partial charge in [0.2, 0.25) is 0 Å². The second-order valence-electron chi connectivity index (χ2n) is 7.50. The largest absolute Gasteiger partial charge is 0.593 e. The van der Waals surface area contributed by atoms with Crippen molar-refractivity contribution in [1.29, 1.82) is 0 Å². The molecule has 4 nitrogen and oxygen atoms in total. The molecular formula is C19H22BF2NO3S. The highest BCUT2D eigenvalue weighted by Gasteiger charge is 2.52. The minimum absolute atomic E-state index is 0.0226. The summed E-state index contributed by atoms with van der Waals surface area (Å²) in [6, 6.07) is 11.9. The van der Waals surface area contributed by atoms with E-state index in [9.17, 15) is 13.3 Å². The van der Waals surface area contributed by atoms with Crippen molar-refractivity contribution in [2.75, 3.05) is 4.72 Å². The van der Waals surface area contributed by atoms with E-state index in [1.807, 2.05) is 58.0 Å². The predicted molar refractivity (Wildman–Crippen MR) is 104 cm³/mol. The van der Waals surface area contributed by atoms with Crippen molar-refractivity contribution >= 4 is 29.6 Å². The first kappa shape index (κ1) is 20.1. The number of hydrogen-bond acceptors (Lipinski definition) is 4. The highest BCUT2D eigenvalue weighted by Crippen LogP contribution is 2.37. The van der Waals surface area contributed by atoms with Crippen LogP contribution >= 0.6 is 0 Å². The van der Waals surface area contributed by atoms with Crippen molar-refractivity contribution in [2.45, 2.75) is 44.6 Å². The van der Waals surface area contributed by atoms with Crippen LogP contribution in [-0.2, 0) is 26.4 Å². The Labute approximate surface area is 161 Å². The fraction of sp³-hybridized carbons (Fsp3) is 0.368. The molecular weight excluding hydrogens is 371 g/mol. The Hall–Kier alpha value is -1.61. The smallest absolute Gasteiger partial charge is 0.497 e. The fourth-order valence-corrected chi connectivity index (χ4v) is 3.65. The van der Waals surface area contributed by atoms with Crippen LogP contribution in [-0.4, -0.2) is 22.9 Å². The van der Waals surface area contributed by atoms with Crippen molar-refractivity contribution in [3.8, 4) is 0 Å². The van der Waals surface area contributed by atoms with Gasteiger partial charge in [0.25, 0.3) is 0 Å². The molecule has 1 aliphatic heterocycles. The minimum atomic E-state index is -1.59. The maximum atomic E-state index is 14.6. The first-order chi connectivity index (χ1) is 12.6. The quantitative estimate of drug-likeness (QED) is 0.624. The van der Waals surface area contributed by atoms with E-state index in [1.54, 1.807) is 0 Å². The topological polar surface area (TPSA) is 53.5 Å². The van der Waals surface area contributed by atoms with Gasteiger partial charge < -0.3 is 13.9 Å². The van der Waals surface area contributed by atoms with E-state index in [4.69, 9.17) is 9.31 Å². The summed E-state index contributed by atoms with van der Waals surface area (Å²) in [6.07, 6.45) is 0. The molecule has 0 aliphatic carbocycles. The lowest BCUT2D eigenvalue weighted by Crippen LogP contribution is -2.41. The maximum Gasteiger partial charge on any atom is 0.497 e. The van der Waals surface area contributed by atoms with Gasteiger partial charge in [-0.15, -0.1) is 0 Å². The molecule has 0 spiro atoms. The lowest BCUT2D eigenvalue weighted by Gasteiger charge is -2.32. The molecule has 1 fully saturated rings. The van der Waals surface area contributed by atoms with Gasteiger partial charge in [-0.25, -0.2) is 13.5 Å². The van der Waals surface area contributed by atoms with Crippen LogP contribution in [0.2, 0.25) is 0 Å². The van der Waals surface area contributed by atoms with Gasteiger partial charge in [-0.3, -0.25) is 0 Å². The average Bonchev–Trinajstić information content (AvgIpc) is 2.80. The van der Waals surface area contributed by atoms with Crippen LogP contribution in [0, 0.1) is 11.6 Å². The monoisotopic (exact) mass is 393 g/mol. The van der Waals surface area contributed by atoms with E-state index in [0.717, 1.165) is 5.56 Å². The minimum Gasteiger partial charge on any atom is -0.593 e. The molecule has 3 rings (SSSR count). The van der Waals surface area contributed by atoms with Crippen molar-refractivity contribution in [1.82, 2.24) is 0 Å². The molecule has 1 N–H and O–H groups in total. The zero-order valence-electron chi connectivity index (χ0n) is 15.7. The molecule has 1 aliphatic rings. The summed E-state index contributed by atoms with van der Waals surface area (Å²) in [5, 5.41) is 0. The Bertz CT molecular complexity index is 804. The highest BCUT2D eigenvalue weighted by molar-refractivity contribution is 7.91. The molecule has 27 heavy (non-hydrogen) atoms. The lowest BCUT2D eigenvalue weighted by molar-refractivity contribution is 0.00578. The predicted octanol–water partition coefficient (Wildman–Crippen LogP) is 3.54. The molecule has 1 heterocycles. The number of hydrogen-bond donors (Lipinski definition) is 1. The number of nitrogens with one attached hydrogen (secondary N) is 1. The average molecular weight is 393 g/mol. The zero-order valence-corrected chi connectivity index (χ0v) is 16.5. The van der Waals surface area contributed by atoms with Crippen molar-refractivity contribution < 1.29 is 22.6 Å². The molecule has 1 unspecified atom stereocenters. The normalized spacial score (nSPS) is 19.1. The van der Waals surface area contributed by atoms with Gasteiger partial charge in [0.1, 0.15) is 5.69 Å². The van der Waals surface area contributed by atoms with Crippen LogP contribution in [0.1, 0.15) is 33.3 Å². The second-order valence-corrected chi connectivity index (χ2v) is 8.68. The van der Waals surface area contributed by atoms with Gasteiger partial charge in [-0.05, 0) is 33.8 Å². The van der Waals surface area contributed by atoms with E-state index in [-0.39, 0.29) is 16.9 Å². The SMILES string of the molecule is CC1(C)OB(c2ccc(N[S+]([O-])Cc3ccccc3)c(F)c2F)OC1(C)C. The van der Waals surface area contributed by atoms with Crippen LogP contribution < -0.4 is 10.2 Å². The molecule has 1 atom stereocenters. The maximum absolute atomic E-state index is 14.6. The van der Waals surface area contributed by atoms with E-state index < -0.39 is 41.3 Å². The standard InChI is InChI=1S/C19H22BF2NO3S/c1-18(2)19(3,4)26-20(25-18)14-10-11-15(17(22)16(14)21)23-27(24)12-13-8-6-5-7-9-13/h5-11,23H,12H2,1-4H3. The Morgan fingerprint density at radius 3 is 2.15 bits per heavy atom. The Morgan fingerprint density at radius 1 is 0.963 bits per heavy atom. The first-order valence-corrected chi connectivity index (χ1v) is 9.95. The van der Waals surface area contributed by atoms with Crippen LogP contribution in [0.3, 0.4) is 0 Å². The summed E-state index contributed by atoms with van der Waals surface area (Å²) in [6.45, 7) is 7.35. The molecule has 0 aromatic heterocycles. The third kappa shape index (κ3) is 4.14. The van der Waals surface area contributed by atoms with E-state index >= 15 is 0 Å². The number of rotatable bonds is 5. The summed E-state index contributed by atoms with van der Waals surface area (Å²) in [4.78, 5) is 0. The summed E-state index contributed by atoms with van der Waals surface area (Å²) >= 11 is -1.59. The molecule has 0 amide bonds. The third-order valence-corrected chi connectivity index (χ3v) is 6.03. The molecule has 0 radical (unpaired) electrons. The summed E-state index contributed by atoms with van der Waals surface area (Å²) in [5.41, 5.74) is -0.672. The molecule has 2 aromatic carbocycles. The van der Waals surface area contributed by atoms with Crippen LogP contribution in [0.4, 0.5) is 14.5 Å². The van der Waals surface area contributed by atoms with Crippen LogP contribution in [0.5, 0.6) is 0 Å². The highest BCUT2D eigenvalue weighted by atomic mass is 32.2. The van der Waals surface area contributed by atoms with Crippen molar-refractivity contribution in [2.24, 2.45) is 0 Å². The Balaban J connectivity index is 1.76. The van der Waals surface area contributed by atoms with Gasteiger partial charge in [-0.1, -0.05) is 36.4 Å². The number of benzene rings is 2. The van der Waals surface area contributed by atoms with Gasteiger partial charge in [0, 0.05) is 11.0 Å². The van der Waals surface area contributed by atoms with Crippen molar-refractivity contribution in [3.05, 3.63) is 59.7 Å². The van der Waals surface area contributed by atoms with Crippen LogP contribution in [0.15, 0.2) is 42.5 Å². The second kappa shape index (κ2) is 7.43.